The number of aryl methyl sites for hydroxylation is 1. The summed E-state index contributed by atoms with van der Waals surface area (Å²) in [6.07, 6.45) is 3.14. The molecule has 0 amide bonds. The maximum atomic E-state index is 5.67. The summed E-state index contributed by atoms with van der Waals surface area (Å²) in [5.41, 5.74) is 2.54. The average molecular weight is 273 g/mol. The number of rotatable bonds is 4. The predicted molar refractivity (Wildman–Crippen MR) is 82.5 cm³/mol. The maximum absolute atomic E-state index is 5.67. The van der Waals surface area contributed by atoms with Gasteiger partial charge in [-0.05, 0) is 24.1 Å². The Morgan fingerprint density at radius 2 is 2.00 bits per heavy atom. The molecule has 0 atom stereocenters. The average Bonchev–Trinajstić information content (AvgIpc) is 2.87. The van der Waals surface area contributed by atoms with E-state index in [4.69, 9.17) is 4.74 Å². The van der Waals surface area contributed by atoms with Gasteiger partial charge in [-0.2, -0.15) is 0 Å². The minimum Gasteiger partial charge on any atom is -0.496 e. The number of nitrogens with one attached hydrogen (secondary N) is 1. The Morgan fingerprint density at radius 1 is 1.20 bits per heavy atom. The molecule has 1 N–H and O–H groups in total. The maximum Gasteiger partial charge on any atom is 0.131 e. The molecule has 1 aliphatic rings. The zero-order chi connectivity index (χ0) is 13.9. The lowest BCUT2D eigenvalue weighted by atomic mass is 10.1. The Labute approximate surface area is 120 Å². The van der Waals surface area contributed by atoms with Crippen molar-refractivity contribution in [2.45, 2.75) is 6.42 Å². The molecule has 0 aliphatic carbocycles. The molecule has 2 aromatic rings. The van der Waals surface area contributed by atoms with Crippen molar-refractivity contribution in [3.8, 4) is 5.75 Å². The lowest BCUT2D eigenvalue weighted by molar-refractivity contribution is 0.243. The number of benzene rings is 1. The highest BCUT2D eigenvalue weighted by Gasteiger charge is 2.13. The molecule has 1 aromatic heterocycles. The minimum absolute atomic E-state index is 1.04. The van der Waals surface area contributed by atoms with Gasteiger partial charge in [0.05, 0.1) is 12.6 Å². The second kappa shape index (κ2) is 5.85. The van der Waals surface area contributed by atoms with Crippen LogP contribution in [0.4, 0.5) is 0 Å². The smallest absolute Gasteiger partial charge is 0.131 e. The summed E-state index contributed by atoms with van der Waals surface area (Å²) in [4.78, 5) is 2.52. The molecular formula is C16H23N3O. The van der Waals surface area contributed by atoms with E-state index in [9.17, 15) is 0 Å². The predicted octanol–water partition coefficient (Wildman–Crippen LogP) is 1.63. The van der Waals surface area contributed by atoms with Crippen LogP contribution in [0.1, 0.15) is 5.56 Å². The second-order valence-electron chi connectivity index (χ2n) is 5.46. The third-order valence-corrected chi connectivity index (χ3v) is 4.21. The number of aromatic nitrogens is 1. The van der Waals surface area contributed by atoms with Gasteiger partial charge in [-0.3, -0.25) is 0 Å². The number of methoxy groups -OCH3 is 1. The number of fused-ring (bicyclic) bond motifs is 1. The van der Waals surface area contributed by atoms with Crippen LogP contribution in [0.15, 0.2) is 24.4 Å². The second-order valence-corrected chi connectivity index (χ2v) is 5.46. The molecule has 20 heavy (non-hydrogen) atoms. The van der Waals surface area contributed by atoms with Crippen LogP contribution < -0.4 is 10.1 Å². The SMILES string of the molecule is COc1c(CCN2CCNCC2)ccc2c1ccn2C. The summed E-state index contributed by atoms with van der Waals surface area (Å²) in [6.45, 7) is 5.62. The first-order chi connectivity index (χ1) is 9.79. The molecular weight excluding hydrogens is 250 g/mol. The third kappa shape index (κ3) is 2.53. The van der Waals surface area contributed by atoms with E-state index in [1.54, 1.807) is 7.11 Å². The van der Waals surface area contributed by atoms with Crippen LogP contribution in [-0.4, -0.2) is 49.3 Å². The van der Waals surface area contributed by atoms with Crippen molar-refractivity contribution in [3.63, 3.8) is 0 Å². The van der Waals surface area contributed by atoms with Gasteiger partial charge in [0, 0.05) is 51.4 Å². The fourth-order valence-corrected chi connectivity index (χ4v) is 3.02. The van der Waals surface area contributed by atoms with Crippen LogP contribution in [0.25, 0.3) is 10.9 Å². The highest BCUT2D eigenvalue weighted by atomic mass is 16.5. The largest absolute Gasteiger partial charge is 0.496 e. The zero-order valence-electron chi connectivity index (χ0n) is 12.4. The van der Waals surface area contributed by atoms with Crippen LogP contribution in [0.5, 0.6) is 5.75 Å². The first kappa shape index (κ1) is 13.5. The van der Waals surface area contributed by atoms with E-state index in [2.05, 4.69) is 46.2 Å². The number of nitrogens with zero attached hydrogens (tertiary/aromatic N) is 2. The third-order valence-electron chi connectivity index (χ3n) is 4.21. The van der Waals surface area contributed by atoms with Gasteiger partial charge in [-0.25, -0.2) is 0 Å². The number of hydrogen-bond donors (Lipinski definition) is 1. The van der Waals surface area contributed by atoms with Crippen molar-refractivity contribution in [3.05, 3.63) is 30.0 Å². The number of piperazine rings is 1. The molecule has 3 rings (SSSR count). The molecule has 0 unspecified atom stereocenters. The quantitative estimate of drug-likeness (QED) is 0.918. The van der Waals surface area contributed by atoms with Gasteiger partial charge in [-0.1, -0.05) is 6.07 Å². The number of ether oxygens (including phenoxy) is 1. The normalized spacial score (nSPS) is 16.7. The van der Waals surface area contributed by atoms with Crippen LogP contribution in [-0.2, 0) is 13.5 Å². The molecule has 0 saturated carbocycles. The molecule has 4 heteroatoms. The molecule has 4 nitrogen and oxygen atoms in total. The summed E-state index contributed by atoms with van der Waals surface area (Å²) in [5, 5.41) is 4.61. The molecule has 2 heterocycles. The zero-order valence-corrected chi connectivity index (χ0v) is 12.4. The van der Waals surface area contributed by atoms with Gasteiger partial charge in [0.25, 0.3) is 0 Å². The van der Waals surface area contributed by atoms with Crippen molar-refractivity contribution in [2.24, 2.45) is 7.05 Å². The fourth-order valence-electron chi connectivity index (χ4n) is 3.02. The van der Waals surface area contributed by atoms with Crippen molar-refractivity contribution in [1.29, 1.82) is 0 Å². The monoisotopic (exact) mass is 273 g/mol. The van der Waals surface area contributed by atoms with Crippen LogP contribution in [0, 0.1) is 0 Å². The van der Waals surface area contributed by atoms with Gasteiger partial charge in [0.1, 0.15) is 5.75 Å². The van der Waals surface area contributed by atoms with Gasteiger partial charge in [0.2, 0.25) is 0 Å². The summed E-state index contributed by atoms with van der Waals surface area (Å²) in [5.74, 6) is 1.04. The van der Waals surface area contributed by atoms with Gasteiger partial charge >= 0.3 is 0 Å². The topological polar surface area (TPSA) is 29.4 Å². The molecule has 0 radical (unpaired) electrons. The summed E-state index contributed by atoms with van der Waals surface area (Å²) < 4.78 is 7.80. The van der Waals surface area contributed by atoms with Crippen molar-refractivity contribution >= 4 is 10.9 Å². The van der Waals surface area contributed by atoms with E-state index in [1.807, 2.05) is 0 Å². The van der Waals surface area contributed by atoms with Crippen LogP contribution in [0.3, 0.4) is 0 Å². The van der Waals surface area contributed by atoms with Gasteiger partial charge in [-0.15, -0.1) is 0 Å². The Kier molecular flexibility index (Phi) is 3.94. The summed E-state index contributed by atoms with van der Waals surface area (Å²) >= 11 is 0. The molecule has 1 fully saturated rings. The highest BCUT2D eigenvalue weighted by Crippen LogP contribution is 2.30. The first-order valence-corrected chi connectivity index (χ1v) is 7.33. The lowest BCUT2D eigenvalue weighted by Gasteiger charge is -2.27. The van der Waals surface area contributed by atoms with Crippen molar-refractivity contribution in [2.75, 3.05) is 39.8 Å². The highest BCUT2D eigenvalue weighted by molar-refractivity contribution is 5.87. The van der Waals surface area contributed by atoms with E-state index in [0.29, 0.717) is 0 Å². The Morgan fingerprint density at radius 3 is 2.75 bits per heavy atom. The summed E-state index contributed by atoms with van der Waals surface area (Å²) in [7, 11) is 3.85. The minimum atomic E-state index is 1.04. The van der Waals surface area contributed by atoms with E-state index in [-0.39, 0.29) is 0 Å². The molecule has 0 bridgehead atoms. The van der Waals surface area contributed by atoms with E-state index < -0.39 is 0 Å². The number of hydrogen-bond acceptors (Lipinski definition) is 3. The standard InChI is InChI=1S/C16H23N3O/c1-18-9-6-14-15(18)4-3-13(16(14)20-2)5-10-19-11-7-17-8-12-19/h3-4,6,9,17H,5,7-8,10-12H2,1-2H3. The molecule has 1 aromatic carbocycles. The fraction of sp³-hybridized carbons (Fsp3) is 0.500. The van der Waals surface area contributed by atoms with E-state index in [0.717, 1.165) is 44.9 Å². The van der Waals surface area contributed by atoms with Crippen LogP contribution in [0.2, 0.25) is 0 Å². The van der Waals surface area contributed by atoms with Crippen molar-refractivity contribution < 1.29 is 4.74 Å². The van der Waals surface area contributed by atoms with Crippen molar-refractivity contribution in [1.82, 2.24) is 14.8 Å². The molecule has 108 valence electrons. The summed E-state index contributed by atoms with van der Waals surface area (Å²) in [6, 6.07) is 6.55. The molecule has 1 saturated heterocycles. The van der Waals surface area contributed by atoms with Gasteiger partial charge in [0.15, 0.2) is 0 Å². The Bertz CT molecular complexity index is 585. The lowest BCUT2D eigenvalue weighted by Crippen LogP contribution is -2.44. The van der Waals surface area contributed by atoms with E-state index in [1.165, 1.54) is 16.5 Å². The Hall–Kier alpha value is -1.52. The Balaban J connectivity index is 1.80. The first-order valence-electron chi connectivity index (χ1n) is 7.33. The molecule has 1 aliphatic heterocycles. The molecule has 0 spiro atoms. The van der Waals surface area contributed by atoms with E-state index >= 15 is 0 Å². The van der Waals surface area contributed by atoms with Gasteiger partial charge < -0.3 is 19.5 Å². The van der Waals surface area contributed by atoms with Crippen LogP contribution >= 0.6 is 0 Å².